The average molecular weight is 321 g/mol. The summed E-state index contributed by atoms with van der Waals surface area (Å²) < 4.78 is 1.15. The molecule has 0 fully saturated rings. The summed E-state index contributed by atoms with van der Waals surface area (Å²) >= 11 is 9.06. The lowest BCUT2D eigenvalue weighted by atomic mass is 10.1. The van der Waals surface area contributed by atoms with E-state index in [1.807, 2.05) is 23.5 Å². The van der Waals surface area contributed by atoms with Crippen molar-refractivity contribution in [2.75, 3.05) is 11.5 Å². The molecule has 0 radical (unpaired) electrons. The van der Waals surface area contributed by atoms with Gasteiger partial charge in [0.05, 0.1) is 0 Å². The van der Waals surface area contributed by atoms with Gasteiger partial charge in [0.15, 0.2) is 0 Å². The number of thioether (sulfide) groups is 2. The smallest absolute Gasteiger partial charge is 0.104 e. The van der Waals surface area contributed by atoms with E-state index in [1.54, 1.807) is 0 Å². The van der Waals surface area contributed by atoms with Crippen LogP contribution in [0.4, 0.5) is 0 Å². The van der Waals surface area contributed by atoms with Crippen LogP contribution in [0.2, 0.25) is 0 Å². The molecule has 0 nitrogen and oxygen atoms in total. The first-order valence-corrected chi connectivity index (χ1v) is 10.5. The van der Waals surface area contributed by atoms with Gasteiger partial charge in [0.2, 0.25) is 0 Å². The van der Waals surface area contributed by atoms with Crippen molar-refractivity contribution < 1.29 is 0 Å². The Kier molecular flexibility index (Phi) is 17.5. The highest BCUT2D eigenvalue weighted by atomic mass is 32.2. The monoisotopic (exact) mass is 320 g/mol. The SMILES string of the molecule is CCCCCCCCCCCCSC(=S)SCCC. The molecule has 0 N–H and O–H groups in total. The zero-order valence-corrected chi connectivity index (χ0v) is 15.4. The van der Waals surface area contributed by atoms with Crippen LogP contribution in [0.25, 0.3) is 0 Å². The van der Waals surface area contributed by atoms with E-state index in [9.17, 15) is 0 Å². The van der Waals surface area contributed by atoms with Crippen LogP contribution in [-0.4, -0.2) is 15.0 Å². The Balaban J connectivity index is 3.04. The van der Waals surface area contributed by atoms with Crippen LogP contribution in [0.3, 0.4) is 0 Å². The van der Waals surface area contributed by atoms with Gasteiger partial charge in [0.25, 0.3) is 0 Å². The third-order valence-electron chi connectivity index (χ3n) is 3.14. The van der Waals surface area contributed by atoms with Gasteiger partial charge in [0.1, 0.15) is 3.53 Å². The fraction of sp³-hybridized carbons (Fsp3) is 0.938. The van der Waals surface area contributed by atoms with Crippen LogP contribution < -0.4 is 0 Å². The van der Waals surface area contributed by atoms with E-state index in [-0.39, 0.29) is 0 Å². The Hall–Kier alpha value is 0.790. The summed E-state index contributed by atoms with van der Waals surface area (Å²) in [6.07, 6.45) is 15.4. The minimum Gasteiger partial charge on any atom is -0.108 e. The molecule has 0 atom stereocenters. The highest BCUT2D eigenvalue weighted by molar-refractivity contribution is 8.47. The van der Waals surface area contributed by atoms with Crippen LogP contribution in [-0.2, 0) is 0 Å². The first-order valence-electron chi connectivity index (χ1n) is 8.10. The molecule has 0 unspecified atom stereocenters. The molecule has 0 saturated carbocycles. The predicted molar refractivity (Wildman–Crippen MR) is 99.6 cm³/mol. The predicted octanol–water partition coefficient (Wildman–Crippen LogP) is 7.07. The van der Waals surface area contributed by atoms with E-state index in [0.717, 1.165) is 3.53 Å². The molecule has 0 aromatic carbocycles. The normalized spacial score (nSPS) is 10.8. The minimum atomic E-state index is 1.15. The van der Waals surface area contributed by atoms with E-state index in [0.29, 0.717) is 0 Å². The van der Waals surface area contributed by atoms with Crippen molar-refractivity contribution in [2.24, 2.45) is 0 Å². The summed E-state index contributed by atoms with van der Waals surface area (Å²) in [5.41, 5.74) is 0. The zero-order chi connectivity index (χ0) is 14.2. The van der Waals surface area contributed by atoms with E-state index in [4.69, 9.17) is 12.2 Å². The maximum Gasteiger partial charge on any atom is 0.104 e. The standard InChI is InChI=1S/C16H32S3/c1-3-5-6-7-8-9-10-11-12-13-15-19-16(17)18-14-4-2/h3-15H2,1-2H3. The first-order chi connectivity index (χ1) is 9.31. The van der Waals surface area contributed by atoms with Crippen LogP contribution in [0.5, 0.6) is 0 Å². The van der Waals surface area contributed by atoms with Crippen LogP contribution in [0.1, 0.15) is 84.5 Å². The van der Waals surface area contributed by atoms with Gasteiger partial charge in [-0.2, -0.15) is 0 Å². The molecule has 0 spiro atoms. The zero-order valence-electron chi connectivity index (χ0n) is 12.9. The van der Waals surface area contributed by atoms with Crippen LogP contribution in [0.15, 0.2) is 0 Å². The molecule has 0 aromatic rings. The fourth-order valence-corrected chi connectivity index (χ4v) is 4.19. The average Bonchev–Trinajstić information content (AvgIpc) is 2.42. The lowest BCUT2D eigenvalue weighted by Gasteiger charge is -2.03. The highest BCUT2D eigenvalue weighted by Crippen LogP contribution is 2.20. The van der Waals surface area contributed by atoms with E-state index in [2.05, 4.69) is 13.8 Å². The van der Waals surface area contributed by atoms with Gasteiger partial charge >= 0.3 is 0 Å². The molecule has 0 aliphatic heterocycles. The van der Waals surface area contributed by atoms with Crippen molar-refractivity contribution in [1.82, 2.24) is 0 Å². The molecular weight excluding hydrogens is 288 g/mol. The van der Waals surface area contributed by atoms with Gasteiger partial charge in [-0.25, -0.2) is 0 Å². The van der Waals surface area contributed by atoms with Crippen LogP contribution in [0, 0.1) is 0 Å². The van der Waals surface area contributed by atoms with Gasteiger partial charge in [-0.1, -0.05) is 83.9 Å². The maximum atomic E-state index is 5.32. The van der Waals surface area contributed by atoms with Crippen molar-refractivity contribution in [3.63, 3.8) is 0 Å². The molecule has 0 saturated heterocycles. The summed E-state index contributed by atoms with van der Waals surface area (Å²) in [5.74, 6) is 2.41. The molecule has 19 heavy (non-hydrogen) atoms. The Morgan fingerprint density at radius 3 is 1.63 bits per heavy atom. The second-order valence-electron chi connectivity index (χ2n) is 5.13. The Bertz CT molecular complexity index is 192. The number of thiocarbonyl (C=S) groups is 1. The van der Waals surface area contributed by atoms with Crippen molar-refractivity contribution in [2.45, 2.75) is 84.5 Å². The highest BCUT2D eigenvalue weighted by Gasteiger charge is 1.98. The molecule has 0 aliphatic carbocycles. The van der Waals surface area contributed by atoms with Gasteiger partial charge in [-0.05, 0) is 24.3 Å². The third-order valence-corrected chi connectivity index (χ3v) is 6.13. The summed E-state index contributed by atoms with van der Waals surface area (Å²) in [7, 11) is 0. The van der Waals surface area contributed by atoms with Crippen LogP contribution >= 0.6 is 35.7 Å². The lowest BCUT2D eigenvalue weighted by Crippen LogP contribution is -1.88. The molecule has 0 rings (SSSR count). The maximum absolute atomic E-state index is 5.32. The summed E-state index contributed by atoms with van der Waals surface area (Å²) in [4.78, 5) is 0. The number of hydrogen-bond acceptors (Lipinski definition) is 3. The second kappa shape index (κ2) is 16.8. The summed E-state index contributed by atoms with van der Waals surface area (Å²) in [6, 6.07) is 0. The van der Waals surface area contributed by atoms with Gasteiger partial charge in [-0.15, -0.1) is 23.5 Å². The number of rotatable bonds is 13. The quantitative estimate of drug-likeness (QED) is 0.263. The molecule has 114 valence electrons. The lowest BCUT2D eigenvalue weighted by molar-refractivity contribution is 0.563. The Labute approximate surface area is 135 Å². The Morgan fingerprint density at radius 2 is 1.11 bits per heavy atom. The molecule has 3 heteroatoms. The summed E-state index contributed by atoms with van der Waals surface area (Å²) in [5, 5.41) is 0. The van der Waals surface area contributed by atoms with Crippen molar-refractivity contribution in [1.29, 1.82) is 0 Å². The van der Waals surface area contributed by atoms with E-state index in [1.165, 1.54) is 82.1 Å². The fourth-order valence-electron chi connectivity index (χ4n) is 1.97. The third kappa shape index (κ3) is 16.7. The molecular formula is C16H32S3. The second-order valence-corrected chi connectivity index (χ2v) is 8.52. The van der Waals surface area contributed by atoms with Crippen molar-refractivity contribution in [3.05, 3.63) is 0 Å². The van der Waals surface area contributed by atoms with Crippen molar-refractivity contribution >= 4 is 39.3 Å². The van der Waals surface area contributed by atoms with Gasteiger partial charge in [0, 0.05) is 0 Å². The minimum absolute atomic E-state index is 1.15. The van der Waals surface area contributed by atoms with Gasteiger partial charge < -0.3 is 0 Å². The molecule has 0 heterocycles. The Morgan fingerprint density at radius 1 is 0.632 bits per heavy atom. The van der Waals surface area contributed by atoms with E-state index < -0.39 is 0 Å². The van der Waals surface area contributed by atoms with E-state index >= 15 is 0 Å². The molecule has 0 amide bonds. The van der Waals surface area contributed by atoms with Gasteiger partial charge in [-0.3, -0.25) is 0 Å². The number of unbranched alkanes of at least 4 members (excludes halogenated alkanes) is 9. The molecule has 0 aromatic heterocycles. The largest absolute Gasteiger partial charge is 0.108 e. The number of hydrogen-bond donors (Lipinski definition) is 0. The molecule has 0 aliphatic rings. The molecule has 0 bridgehead atoms. The topological polar surface area (TPSA) is 0 Å². The van der Waals surface area contributed by atoms with Crippen molar-refractivity contribution in [3.8, 4) is 0 Å². The first kappa shape index (κ1) is 19.8. The summed E-state index contributed by atoms with van der Waals surface area (Å²) in [6.45, 7) is 4.49.